The summed E-state index contributed by atoms with van der Waals surface area (Å²) in [6, 6.07) is 0. The maximum absolute atomic E-state index is 9.72. The zero-order valence-corrected chi connectivity index (χ0v) is 7.05. The Balaban J connectivity index is 3.02. The molecular formula is C10H15O. The van der Waals surface area contributed by atoms with Crippen LogP contribution in [0, 0.1) is 0 Å². The van der Waals surface area contributed by atoms with Crippen molar-refractivity contribution in [1.29, 1.82) is 0 Å². The van der Waals surface area contributed by atoms with Crippen molar-refractivity contribution < 1.29 is 4.79 Å². The van der Waals surface area contributed by atoms with Gasteiger partial charge in [0.05, 0.1) is 0 Å². The highest BCUT2D eigenvalue weighted by Gasteiger charge is 1.81. The van der Waals surface area contributed by atoms with E-state index in [9.17, 15) is 4.79 Å². The molecule has 0 aliphatic heterocycles. The standard InChI is InChI=1S/C10H15O/c1-2-3-4-5-6-7-8-9-10-11/h2-3,8-9H,4-7H2,1H3. The summed E-state index contributed by atoms with van der Waals surface area (Å²) in [6.07, 6.45) is 13.8. The smallest absolute Gasteiger partial charge is 0.225 e. The van der Waals surface area contributed by atoms with Gasteiger partial charge in [-0.2, -0.15) is 0 Å². The van der Waals surface area contributed by atoms with E-state index < -0.39 is 0 Å². The highest BCUT2D eigenvalue weighted by molar-refractivity contribution is 5.65. The van der Waals surface area contributed by atoms with Crippen LogP contribution in [0.25, 0.3) is 0 Å². The number of unbranched alkanes of at least 4 members (excludes halogenated alkanes) is 3. The van der Waals surface area contributed by atoms with Gasteiger partial charge in [-0.1, -0.05) is 18.2 Å². The first-order valence-corrected chi connectivity index (χ1v) is 4.05. The topological polar surface area (TPSA) is 17.1 Å². The van der Waals surface area contributed by atoms with Gasteiger partial charge in [-0.05, 0) is 38.7 Å². The molecule has 0 unspecified atom stereocenters. The molecule has 1 radical (unpaired) electrons. The third-order valence-corrected chi connectivity index (χ3v) is 1.41. The van der Waals surface area contributed by atoms with Crippen LogP contribution in [0.15, 0.2) is 24.3 Å². The molecule has 0 aliphatic carbocycles. The van der Waals surface area contributed by atoms with Crippen molar-refractivity contribution >= 4 is 6.29 Å². The average Bonchev–Trinajstić information content (AvgIpc) is 2.03. The van der Waals surface area contributed by atoms with Crippen LogP contribution in [0.1, 0.15) is 32.6 Å². The Hall–Kier alpha value is -0.850. The molecule has 0 saturated carbocycles. The maximum atomic E-state index is 9.72. The molecule has 61 valence electrons. The Morgan fingerprint density at radius 1 is 1.18 bits per heavy atom. The molecule has 0 aromatic rings. The van der Waals surface area contributed by atoms with E-state index >= 15 is 0 Å². The van der Waals surface area contributed by atoms with E-state index in [4.69, 9.17) is 0 Å². The summed E-state index contributed by atoms with van der Waals surface area (Å²) in [5.41, 5.74) is 0. The summed E-state index contributed by atoms with van der Waals surface area (Å²) in [4.78, 5) is 9.72. The van der Waals surface area contributed by atoms with E-state index in [1.165, 1.54) is 12.5 Å². The van der Waals surface area contributed by atoms with Crippen LogP contribution < -0.4 is 0 Å². The van der Waals surface area contributed by atoms with Crippen molar-refractivity contribution in [3.8, 4) is 0 Å². The Morgan fingerprint density at radius 2 is 1.82 bits per heavy atom. The first-order valence-electron chi connectivity index (χ1n) is 4.05. The second-order valence-corrected chi connectivity index (χ2v) is 2.37. The van der Waals surface area contributed by atoms with Crippen molar-refractivity contribution in [2.24, 2.45) is 0 Å². The van der Waals surface area contributed by atoms with Crippen LogP contribution in [0.2, 0.25) is 0 Å². The minimum Gasteiger partial charge on any atom is -0.286 e. The molecule has 0 aromatic heterocycles. The number of rotatable bonds is 6. The first-order chi connectivity index (χ1) is 5.41. The summed E-state index contributed by atoms with van der Waals surface area (Å²) < 4.78 is 0. The van der Waals surface area contributed by atoms with Gasteiger partial charge in [-0.15, -0.1) is 0 Å². The molecule has 0 fully saturated rings. The molecule has 0 atom stereocenters. The van der Waals surface area contributed by atoms with Crippen molar-refractivity contribution in [1.82, 2.24) is 0 Å². The molecule has 0 saturated heterocycles. The van der Waals surface area contributed by atoms with Crippen LogP contribution in [0.3, 0.4) is 0 Å². The Morgan fingerprint density at radius 3 is 2.36 bits per heavy atom. The molecule has 0 rings (SSSR count). The van der Waals surface area contributed by atoms with E-state index in [0.29, 0.717) is 0 Å². The second-order valence-electron chi connectivity index (χ2n) is 2.37. The molecule has 11 heavy (non-hydrogen) atoms. The molecule has 1 nitrogen and oxygen atoms in total. The lowest BCUT2D eigenvalue weighted by molar-refractivity contribution is 0.564. The molecular weight excluding hydrogens is 136 g/mol. The van der Waals surface area contributed by atoms with Crippen LogP contribution in [0.5, 0.6) is 0 Å². The molecule has 0 spiro atoms. The molecule has 0 amide bonds. The van der Waals surface area contributed by atoms with E-state index in [1.807, 2.05) is 13.0 Å². The van der Waals surface area contributed by atoms with Gasteiger partial charge in [0.15, 0.2) is 0 Å². The van der Waals surface area contributed by atoms with Crippen molar-refractivity contribution in [2.75, 3.05) is 0 Å². The van der Waals surface area contributed by atoms with Crippen molar-refractivity contribution in [3.05, 3.63) is 24.3 Å². The van der Waals surface area contributed by atoms with Crippen LogP contribution in [-0.2, 0) is 4.79 Å². The molecule has 1 heteroatoms. The number of hydrogen-bond acceptors (Lipinski definition) is 1. The van der Waals surface area contributed by atoms with Crippen molar-refractivity contribution in [3.63, 3.8) is 0 Å². The van der Waals surface area contributed by atoms with E-state index in [0.717, 1.165) is 19.3 Å². The van der Waals surface area contributed by atoms with Gasteiger partial charge in [0.1, 0.15) is 0 Å². The highest BCUT2D eigenvalue weighted by atomic mass is 16.1. The summed E-state index contributed by atoms with van der Waals surface area (Å²) in [5.74, 6) is 0. The van der Waals surface area contributed by atoms with Gasteiger partial charge < -0.3 is 0 Å². The molecule has 0 N–H and O–H groups in total. The van der Waals surface area contributed by atoms with Gasteiger partial charge >= 0.3 is 0 Å². The molecule has 0 aromatic carbocycles. The molecule has 0 aliphatic rings. The Labute approximate surface area is 68.8 Å². The second kappa shape index (κ2) is 9.15. The average molecular weight is 151 g/mol. The molecule has 0 bridgehead atoms. The summed E-state index contributed by atoms with van der Waals surface area (Å²) >= 11 is 0. The Kier molecular flexibility index (Phi) is 8.44. The fraction of sp³-hybridized carbons (Fsp3) is 0.500. The minimum atomic E-state index is 0.993. The predicted octanol–water partition coefficient (Wildman–Crippen LogP) is 2.79. The zero-order chi connectivity index (χ0) is 8.36. The fourth-order valence-corrected chi connectivity index (χ4v) is 0.822. The summed E-state index contributed by atoms with van der Waals surface area (Å²) in [6.45, 7) is 2.03. The third-order valence-electron chi connectivity index (χ3n) is 1.41. The molecule has 0 heterocycles. The Bertz CT molecular complexity index is 134. The predicted molar refractivity (Wildman–Crippen MR) is 48.1 cm³/mol. The maximum Gasteiger partial charge on any atom is 0.225 e. The quantitative estimate of drug-likeness (QED) is 0.324. The van der Waals surface area contributed by atoms with Gasteiger partial charge in [0, 0.05) is 0 Å². The van der Waals surface area contributed by atoms with E-state index in [2.05, 4.69) is 12.2 Å². The SMILES string of the molecule is CC=CCCCCC=C[C]=O. The van der Waals surface area contributed by atoms with Crippen LogP contribution >= 0.6 is 0 Å². The van der Waals surface area contributed by atoms with Crippen LogP contribution in [0.4, 0.5) is 0 Å². The van der Waals surface area contributed by atoms with Crippen LogP contribution in [-0.4, -0.2) is 6.29 Å². The first kappa shape index (κ1) is 10.2. The monoisotopic (exact) mass is 151 g/mol. The third kappa shape index (κ3) is 9.15. The lowest BCUT2D eigenvalue weighted by Crippen LogP contribution is -1.72. The number of allylic oxidation sites excluding steroid dienone is 4. The van der Waals surface area contributed by atoms with Gasteiger partial charge in [0.2, 0.25) is 6.29 Å². The summed E-state index contributed by atoms with van der Waals surface area (Å²) in [7, 11) is 0. The van der Waals surface area contributed by atoms with Gasteiger partial charge in [-0.3, -0.25) is 4.79 Å². The normalized spacial score (nSPS) is 11.4. The largest absolute Gasteiger partial charge is 0.286 e. The zero-order valence-electron chi connectivity index (χ0n) is 7.05. The lowest BCUT2D eigenvalue weighted by atomic mass is 10.2. The summed E-state index contributed by atoms with van der Waals surface area (Å²) in [5, 5.41) is 0. The van der Waals surface area contributed by atoms with Gasteiger partial charge in [0.25, 0.3) is 0 Å². The number of carbonyl (C=O) groups excluding carboxylic acids is 1. The van der Waals surface area contributed by atoms with E-state index in [-0.39, 0.29) is 0 Å². The van der Waals surface area contributed by atoms with Gasteiger partial charge in [-0.25, -0.2) is 0 Å². The number of hydrogen-bond donors (Lipinski definition) is 0. The fourth-order valence-electron chi connectivity index (χ4n) is 0.822. The highest BCUT2D eigenvalue weighted by Crippen LogP contribution is 2.00. The van der Waals surface area contributed by atoms with Crippen molar-refractivity contribution in [2.45, 2.75) is 32.6 Å². The van der Waals surface area contributed by atoms with E-state index in [1.54, 1.807) is 6.29 Å². The minimum absolute atomic E-state index is 0.993. The lowest BCUT2D eigenvalue weighted by Gasteiger charge is -1.90.